The molecule has 2 N–H and O–H groups in total. The van der Waals surface area contributed by atoms with Crippen molar-refractivity contribution in [1.29, 1.82) is 0 Å². The SMILES string of the molecule is O=NNCC1(C(O)c2occc(=O)c2OCc2ccccc2)CC1. The van der Waals surface area contributed by atoms with Gasteiger partial charge in [-0.05, 0) is 18.4 Å². The van der Waals surface area contributed by atoms with E-state index in [2.05, 4.69) is 10.7 Å². The molecule has 24 heavy (non-hydrogen) atoms. The van der Waals surface area contributed by atoms with Crippen LogP contribution in [0.3, 0.4) is 0 Å². The predicted octanol–water partition coefficient (Wildman–Crippen LogP) is 2.30. The van der Waals surface area contributed by atoms with Crippen molar-refractivity contribution < 1.29 is 14.3 Å². The summed E-state index contributed by atoms with van der Waals surface area (Å²) in [6.07, 6.45) is 1.59. The van der Waals surface area contributed by atoms with Crippen LogP contribution in [0.1, 0.15) is 30.3 Å². The van der Waals surface area contributed by atoms with E-state index in [1.165, 1.54) is 12.3 Å². The minimum Gasteiger partial charge on any atom is -0.482 e. The Morgan fingerprint density at radius 3 is 2.71 bits per heavy atom. The topological polar surface area (TPSA) is 101 Å². The third-order valence-corrected chi connectivity index (χ3v) is 4.30. The van der Waals surface area contributed by atoms with Gasteiger partial charge in [0.25, 0.3) is 0 Å². The molecule has 3 rings (SSSR count). The van der Waals surface area contributed by atoms with E-state index < -0.39 is 11.5 Å². The molecule has 1 fully saturated rings. The first kappa shape index (κ1) is 16.2. The van der Waals surface area contributed by atoms with Crippen molar-refractivity contribution in [3.05, 3.63) is 69.1 Å². The number of hydrogen-bond acceptors (Lipinski definition) is 6. The van der Waals surface area contributed by atoms with Gasteiger partial charge in [0.2, 0.25) is 11.2 Å². The molecule has 0 spiro atoms. The summed E-state index contributed by atoms with van der Waals surface area (Å²) in [5.74, 6) is 0.0859. The Bertz CT molecular complexity index is 755. The highest BCUT2D eigenvalue weighted by Crippen LogP contribution is 2.55. The fourth-order valence-corrected chi connectivity index (χ4v) is 2.66. The first-order valence-corrected chi connectivity index (χ1v) is 7.68. The van der Waals surface area contributed by atoms with E-state index in [1.807, 2.05) is 30.3 Å². The Morgan fingerprint density at radius 1 is 1.29 bits per heavy atom. The first-order valence-electron chi connectivity index (χ1n) is 7.68. The number of nitrogens with one attached hydrogen (secondary N) is 1. The summed E-state index contributed by atoms with van der Waals surface area (Å²) in [7, 11) is 0. The standard InChI is InChI=1S/C17H18N2O5/c20-13-6-9-23-15(16(21)17(7-8-17)11-18-19-22)14(13)24-10-12-4-2-1-3-5-12/h1-6,9,16,21H,7-8,10-11H2,(H,18,22). The van der Waals surface area contributed by atoms with Gasteiger partial charge in [-0.2, -0.15) is 0 Å². The lowest BCUT2D eigenvalue weighted by Gasteiger charge is -2.21. The Hall–Kier alpha value is -2.67. The summed E-state index contributed by atoms with van der Waals surface area (Å²) in [6, 6.07) is 10.6. The number of ether oxygens (including phenoxy) is 1. The average Bonchev–Trinajstić information content (AvgIpc) is 3.40. The Kier molecular flexibility index (Phi) is 4.61. The lowest BCUT2D eigenvalue weighted by Crippen LogP contribution is -2.27. The van der Waals surface area contributed by atoms with Crippen LogP contribution in [0.2, 0.25) is 0 Å². The van der Waals surface area contributed by atoms with Crippen molar-refractivity contribution >= 4 is 0 Å². The third-order valence-electron chi connectivity index (χ3n) is 4.30. The molecule has 126 valence electrons. The lowest BCUT2D eigenvalue weighted by atomic mass is 9.96. The molecule has 1 aromatic heterocycles. The summed E-state index contributed by atoms with van der Waals surface area (Å²) >= 11 is 0. The molecule has 1 saturated carbocycles. The zero-order valence-corrected chi connectivity index (χ0v) is 13.0. The van der Waals surface area contributed by atoms with Gasteiger partial charge >= 0.3 is 0 Å². The van der Waals surface area contributed by atoms with E-state index in [0.717, 1.165) is 5.56 Å². The fraction of sp³-hybridized carbons (Fsp3) is 0.353. The monoisotopic (exact) mass is 330 g/mol. The van der Waals surface area contributed by atoms with Crippen molar-refractivity contribution in [2.45, 2.75) is 25.6 Å². The molecule has 0 bridgehead atoms. The normalized spacial score (nSPS) is 16.2. The maximum absolute atomic E-state index is 12.1. The van der Waals surface area contributed by atoms with E-state index in [-0.39, 0.29) is 30.1 Å². The van der Waals surface area contributed by atoms with Crippen LogP contribution in [0, 0.1) is 10.3 Å². The molecule has 0 radical (unpaired) electrons. The molecule has 0 saturated heterocycles. The number of aliphatic hydroxyl groups excluding tert-OH is 1. The molecule has 7 nitrogen and oxygen atoms in total. The zero-order chi connectivity index (χ0) is 17.0. The summed E-state index contributed by atoms with van der Waals surface area (Å²) in [5.41, 5.74) is 2.32. The molecule has 2 aromatic rings. The molecular weight excluding hydrogens is 312 g/mol. The van der Waals surface area contributed by atoms with Gasteiger partial charge in [-0.25, -0.2) is 0 Å². The number of rotatable bonds is 8. The molecule has 1 aliphatic rings. The molecule has 1 aromatic carbocycles. The van der Waals surface area contributed by atoms with Gasteiger partial charge in [0.05, 0.1) is 6.26 Å². The summed E-state index contributed by atoms with van der Waals surface area (Å²) in [4.78, 5) is 22.4. The summed E-state index contributed by atoms with van der Waals surface area (Å²) in [5, 5.41) is 13.3. The predicted molar refractivity (Wildman–Crippen MR) is 86.2 cm³/mol. The molecular formula is C17H18N2O5. The number of nitrogens with zero attached hydrogens (tertiary/aromatic N) is 1. The molecule has 1 aliphatic carbocycles. The quantitative estimate of drug-likeness (QED) is 0.569. The highest BCUT2D eigenvalue weighted by Gasteiger charge is 2.51. The van der Waals surface area contributed by atoms with Crippen LogP contribution >= 0.6 is 0 Å². The number of aliphatic hydroxyl groups is 1. The van der Waals surface area contributed by atoms with Crippen LogP contribution in [0.15, 0.2) is 57.2 Å². The average molecular weight is 330 g/mol. The first-order chi connectivity index (χ1) is 11.7. The second-order valence-corrected chi connectivity index (χ2v) is 5.94. The molecule has 7 heteroatoms. The maximum Gasteiger partial charge on any atom is 0.227 e. The van der Waals surface area contributed by atoms with Gasteiger partial charge in [0, 0.05) is 23.3 Å². The summed E-state index contributed by atoms with van der Waals surface area (Å²) < 4.78 is 11.0. The van der Waals surface area contributed by atoms with Crippen LogP contribution in [0.4, 0.5) is 0 Å². The Labute approximate surface area is 138 Å². The van der Waals surface area contributed by atoms with Crippen molar-refractivity contribution in [3.63, 3.8) is 0 Å². The van der Waals surface area contributed by atoms with Crippen molar-refractivity contribution in [2.24, 2.45) is 10.7 Å². The summed E-state index contributed by atoms with van der Waals surface area (Å²) in [6.45, 7) is 0.408. The van der Waals surface area contributed by atoms with Crippen LogP contribution in [0.5, 0.6) is 5.75 Å². The highest BCUT2D eigenvalue weighted by atomic mass is 16.5. The smallest absolute Gasteiger partial charge is 0.227 e. The Balaban J connectivity index is 1.82. The van der Waals surface area contributed by atoms with Crippen LogP contribution in [0.25, 0.3) is 0 Å². The lowest BCUT2D eigenvalue weighted by molar-refractivity contribution is 0.0636. The molecule has 1 unspecified atom stereocenters. The van der Waals surface area contributed by atoms with E-state index in [9.17, 15) is 14.8 Å². The van der Waals surface area contributed by atoms with E-state index in [4.69, 9.17) is 9.15 Å². The second kappa shape index (κ2) is 6.84. The fourth-order valence-electron chi connectivity index (χ4n) is 2.66. The zero-order valence-electron chi connectivity index (χ0n) is 13.0. The maximum atomic E-state index is 12.1. The van der Waals surface area contributed by atoms with E-state index >= 15 is 0 Å². The highest BCUT2D eigenvalue weighted by molar-refractivity contribution is 5.29. The van der Waals surface area contributed by atoms with Crippen molar-refractivity contribution in [3.8, 4) is 5.75 Å². The van der Waals surface area contributed by atoms with Gasteiger partial charge in [-0.15, -0.1) is 4.91 Å². The van der Waals surface area contributed by atoms with Crippen LogP contribution in [-0.2, 0) is 6.61 Å². The minimum atomic E-state index is -1.05. The molecule has 0 amide bonds. The largest absolute Gasteiger partial charge is 0.482 e. The van der Waals surface area contributed by atoms with Gasteiger partial charge in [0.1, 0.15) is 12.7 Å². The van der Waals surface area contributed by atoms with Crippen LogP contribution < -0.4 is 15.6 Å². The van der Waals surface area contributed by atoms with E-state index in [1.54, 1.807) is 0 Å². The Morgan fingerprint density at radius 2 is 2.04 bits per heavy atom. The van der Waals surface area contributed by atoms with E-state index in [0.29, 0.717) is 12.8 Å². The third kappa shape index (κ3) is 3.30. The number of hydrogen-bond donors (Lipinski definition) is 2. The van der Waals surface area contributed by atoms with Gasteiger partial charge < -0.3 is 14.3 Å². The van der Waals surface area contributed by atoms with Gasteiger partial charge in [-0.1, -0.05) is 30.3 Å². The van der Waals surface area contributed by atoms with Crippen molar-refractivity contribution in [1.82, 2.24) is 5.43 Å². The number of benzene rings is 1. The molecule has 0 aliphatic heterocycles. The molecule has 1 heterocycles. The minimum absolute atomic E-state index is 0.000750. The van der Waals surface area contributed by atoms with Crippen molar-refractivity contribution in [2.75, 3.05) is 6.54 Å². The molecule has 1 atom stereocenters. The van der Waals surface area contributed by atoms with Gasteiger partial charge in [-0.3, -0.25) is 10.2 Å². The van der Waals surface area contributed by atoms with Crippen LogP contribution in [-0.4, -0.2) is 11.7 Å². The number of nitroso groups, excluding NO2 is 1. The van der Waals surface area contributed by atoms with Gasteiger partial charge in [0.15, 0.2) is 5.76 Å². The second-order valence-electron chi connectivity index (χ2n) is 5.94.